The third kappa shape index (κ3) is 299. The summed E-state index contributed by atoms with van der Waals surface area (Å²) in [5, 5.41) is 0. The Kier molecular flexibility index (Phi) is 113. The maximum atomic E-state index is 5.11. The highest BCUT2D eigenvalue weighted by Crippen LogP contribution is 1.58. The first kappa shape index (κ1) is 36.5. The van der Waals surface area contributed by atoms with Crippen molar-refractivity contribution in [3.05, 3.63) is 0 Å². The van der Waals surface area contributed by atoms with Gasteiger partial charge in [0.15, 0.2) is 0 Å². The van der Waals surface area contributed by atoms with Crippen molar-refractivity contribution < 1.29 is 0 Å². The SMILES string of the molecule is CC(C)N.Cl.Cl.Cl.[B]. The van der Waals surface area contributed by atoms with E-state index in [4.69, 9.17) is 5.73 Å². The molecule has 0 atom stereocenters. The molecule has 0 aliphatic heterocycles. The molecule has 3 radical (unpaired) electrons. The summed E-state index contributed by atoms with van der Waals surface area (Å²) in [7, 11) is 0. The Morgan fingerprint density at radius 2 is 1.00 bits per heavy atom. The van der Waals surface area contributed by atoms with Crippen LogP contribution in [0.5, 0.6) is 0 Å². The first-order valence-corrected chi connectivity index (χ1v) is 1.49. The molecule has 5 heteroatoms. The summed E-state index contributed by atoms with van der Waals surface area (Å²) < 4.78 is 0. The van der Waals surface area contributed by atoms with Crippen LogP contribution in [0.1, 0.15) is 13.8 Å². The van der Waals surface area contributed by atoms with Crippen LogP contribution in [-0.4, -0.2) is 14.5 Å². The van der Waals surface area contributed by atoms with Gasteiger partial charge in [0.05, 0.1) is 0 Å². The molecule has 0 aromatic heterocycles. The number of halogens is 3. The van der Waals surface area contributed by atoms with Gasteiger partial charge in [-0.1, -0.05) is 13.8 Å². The molecule has 0 rings (SSSR count). The van der Waals surface area contributed by atoms with Gasteiger partial charge < -0.3 is 5.73 Å². The van der Waals surface area contributed by atoms with E-state index >= 15 is 0 Å². The van der Waals surface area contributed by atoms with Gasteiger partial charge in [0.2, 0.25) is 0 Å². The van der Waals surface area contributed by atoms with Gasteiger partial charge in [-0.2, -0.15) is 0 Å². The van der Waals surface area contributed by atoms with Gasteiger partial charge in [0.25, 0.3) is 0 Å². The van der Waals surface area contributed by atoms with Crippen molar-refractivity contribution in [1.82, 2.24) is 0 Å². The van der Waals surface area contributed by atoms with E-state index < -0.39 is 0 Å². The fourth-order valence-corrected chi connectivity index (χ4v) is 0. The topological polar surface area (TPSA) is 26.0 Å². The third-order valence-corrected chi connectivity index (χ3v) is 0. The minimum atomic E-state index is 0. The van der Waals surface area contributed by atoms with E-state index in [-0.39, 0.29) is 45.6 Å². The molecule has 0 bridgehead atoms. The molecule has 0 spiro atoms. The summed E-state index contributed by atoms with van der Waals surface area (Å²) in [6, 6.07) is 0.333. The predicted octanol–water partition coefficient (Wildman–Crippen LogP) is 1.24. The standard InChI is InChI=1S/C3H9N.B.3ClH/c1-3(2)4;;;;/h3H,4H2,1-2H3;;3*1H. The fourth-order valence-electron chi connectivity index (χ4n) is 0. The van der Waals surface area contributed by atoms with Crippen LogP contribution in [0.15, 0.2) is 0 Å². The zero-order valence-corrected chi connectivity index (χ0v) is 7.41. The second kappa shape index (κ2) is 24.7. The van der Waals surface area contributed by atoms with Crippen LogP contribution in [0.4, 0.5) is 0 Å². The quantitative estimate of drug-likeness (QED) is 0.556. The van der Waals surface area contributed by atoms with E-state index in [2.05, 4.69) is 0 Å². The molecular formula is C3H12BCl3N. The van der Waals surface area contributed by atoms with Crippen molar-refractivity contribution in [1.29, 1.82) is 0 Å². The average molecular weight is 179 g/mol. The Hall–Kier alpha value is 0.895. The second-order valence-corrected chi connectivity index (χ2v) is 1.24. The van der Waals surface area contributed by atoms with Crippen LogP contribution in [0.25, 0.3) is 0 Å². The van der Waals surface area contributed by atoms with Gasteiger partial charge >= 0.3 is 0 Å². The molecule has 0 unspecified atom stereocenters. The Bertz CT molecular complexity index is 19.2. The van der Waals surface area contributed by atoms with Crippen LogP contribution >= 0.6 is 37.2 Å². The molecule has 0 heterocycles. The summed E-state index contributed by atoms with van der Waals surface area (Å²) in [5.41, 5.74) is 5.11. The smallest absolute Gasteiger partial charge is 0 e. The van der Waals surface area contributed by atoms with Crippen LogP contribution in [0.2, 0.25) is 0 Å². The number of rotatable bonds is 0. The zero-order valence-electron chi connectivity index (χ0n) is 4.96. The Balaban J connectivity index is -0.00000000750. The highest BCUT2D eigenvalue weighted by Gasteiger charge is 1.67. The van der Waals surface area contributed by atoms with Crippen LogP contribution < -0.4 is 5.73 Å². The molecule has 0 saturated heterocycles. The first-order valence-electron chi connectivity index (χ1n) is 1.49. The summed E-state index contributed by atoms with van der Waals surface area (Å²) >= 11 is 0. The zero-order chi connectivity index (χ0) is 3.58. The lowest BCUT2D eigenvalue weighted by molar-refractivity contribution is 0.834. The minimum Gasteiger partial charge on any atom is -0.328 e. The molecule has 53 valence electrons. The summed E-state index contributed by atoms with van der Waals surface area (Å²) in [6.07, 6.45) is 0. The molecule has 0 saturated carbocycles. The Morgan fingerprint density at radius 3 is 1.00 bits per heavy atom. The van der Waals surface area contributed by atoms with E-state index in [1.54, 1.807) is 0 Å². The van der Waals surface area contributed by atoms with Gasteiger partial charge in [-0.15, -0.1) is 37.2 Å². The molecule has 0 amide bonds. The predicted molar refractivity (Wildman–Crippen MR) is 46.8 cm³/mol. The van der Waals surface area contributed by atoms with E-state index in [9.17, 15) is 0 Å². The largest absolute Gasteiger partial charge is 0.328 e. The highest BCUT2D eigenvalue weighted by atomic mass is 35.5. The Labute approximate surface area is 71.6 Å². The molecular weight excluding hydrogens is 167 g/mol. The minimum absolute atomic E-state index is 0. The van der Waals surface area contributed by atoms with Gasteiger partial charge in [0.1, 0.15) is 0 Å². The van der Waals surface area contributed by atoms with Gasteiger partial charge in [-0.25, -0.2) is 0 Å². The normalized spacial score (nSPS) is 4.50. The lowest BCUT2D eigenvalue weighted by Crippen LogP contribution is -2.06. The molecule has 0 aromatic rings. The van der Waals surface area contributed by atoms with Crippen LogP contribution in [0, 0.1) is 0 Å². The Morgan fingerprint density at radius 1 is 1.00 bits per heavy atom. The van der Waals surface area contributed by atoms with E-state index in [0.717, 1.165) is 0 Å². The number of hydrogen-bond acceptors (Lipinski definition) is 1. The van der Waals surface area contributed by atoms with Crippen LogP contribution in [0.3, 0.4) is 0 Å². The summed E-state index contributed by atoms with van der Waals surface area (Å²) in [5.74, 6) is 0. The van der Waals surface area contributed by atoms with Crippen molar-refractivity contribution in [2.75, 3.05) is 0 Å². The van der Waals surface area contributed by atoms with Crippen LogP contribution in [-0.2, 0) is 0 Å². The van der Waals surface area contributed by atoms with Crippen molar-refractivity contribution in [2.45, 2.75) is 19.9 Å². The van der Waals surface area contributed by atoms with Crippen molar-refractivity contribution in [3.63, 3.8) is 0 Å². The fraction of sp³-hybridized carbons (Fsp3) is 1.00. The molecule has 0 fully saturated rings. The molecule has 0 aromatic carbocycles. The van der Waals surface area contributed by atoms with E-state index in [1.807, 2.05) is 13.8 Å². The third-order valence-electron chi connectivity index (χ3n) is 0. The first-order chi connectivity index (χ1) is 1.73. The lowest BCUT2D eigenvalue weighted by atomic mass is 10.5. The van der Waals surface area contributed by atoms with E-state index in [0.29, 0.717) is 6.04 Å². The van der Waals surface area contributed by atoms with Gasteiger partial charge in [-0.05, 0) is 6.04 Å². The lowest BCUT2D eigenvalue weighted by Gasteiger charge is -1.81. The summed E-state index contributed by atoms with van der Waals surface area (Å²) in [4.78, 5) is 0. The molecule has 0 aliphatic carbocycles. The van der Waals surface area contributed by atoms with Crippen molar-refractivity contribution >= 4 is 45.6 Å². The average Bonchev–Trinajstić information content (AvgIpc) is 0.811. The van der Waals surface area contributed by atoms with Gasteiger partial charge in [-0.3, -0.25) is 0 Å². The molecule has 8 heavy (non-hydrogen) atoms. The van der Waals surface area contributed by atoms with E-state index in [1.165, 1.54) is 0 Å². The van der Waals surface area contributed by atoms with Crippen molar-refractivity contribution in [3.8, 4) is 0 Å². The molecule has 1 nitrogen and oxygen atoms in total. The number of nitrogens with two attached hydrogens (primary N) is 1. The molecule has 2 N–H and O–H groups in total. The second-order valence-electron chi connectivity index (χ2n) is 1.24. The number of hydrogen-bond donors (Lipinski definition) is 1. The highest BCUT2D eigenvalue weighted by molar-refractivity contribution is 5.86. The summed E-state index contributed by atoms with van der Waals surface area (Å²) in [6.45, 7) is 3.89. The van der Waals surface area contributed by atoms with Gasteiger partial charge in [0, 0.05) is 8.41 Å². The van der Waals surface area contributed by atoms with Crippen molar-refractivity contribution in [2.24, 2.45) is 5.73 Å². The monoisotopic (exact) mass is 178 g/mol. The maximum absolute atomic E-state index is 5.11. The maximum Gasteiger partial charge on any atom is 0 e. The molecule has 0 aliphatic rings.